The number of ether oxygens (including phenoxy) is 1. The minimum Gasteiger partial charge on any atom is -0.467 e. The quantitative estimate of drug-likeness (QED) is 0.554. The van der Waals surface area contributed by atoms with Crippen molar-refractivity contribution in [2.45, 2.75) is 88.3 Å². The fourth-order valence-corrected chi connectivity index (χ4v) is 7.21. The molecule has 0 radical (unpaired) electrons. The Morgan fingerprint density at radius 2 is 1.93 bits per heavy atom. The van der Waals surface area contributed by atoms with E-state index < -0.39 is 5.54 Å². The number of hydrogen-bond donors (Lipinski definition) is 1. The molecule has 5 aliphatic rings. The molecule has 1 N–H and O–H groups in total. The molecule has 3 aliphatic heterocycles. The van der Waals surface area contributed by atoms with Gasteiger partial charge in [-0.15, -0.1) is 0 Å². The van der Waals surface area contributed by atoms with Crippen LogP contribution in [0.1, 0.15) is 70.6 Å². The van der Waals surface area contributed by atoms with Gasteiger partial charge in [-0.05, 0) is 63.3 Å². The Bertz CT molecular complexity index is 714. The van der Waals surface area contributed by atoms with Gasteiger partial charge in [0.05, 0.1) is 13.2 Å². The normalized spacial score (nSPS) is 35.5. The number of piperidine rings is 3. The number of rotatable bonds is 2. The third-order valence-corrected chi connectivity index (χ3v) is 8.55. The average molecular weight is 416 g/mol. The third-order valence-electron chi connectivity index (χ3n) is 8.55. The summed E-state index contributed by atoms with van der Waals surface area (Å²) in [5.41, 5.74) is 0.645. The van der Waals surface area contributed by atoms with Crippen molar-refractivity contribution >= 4 is 12.0 Å². The fourth-order valence-electron chi connectivity index (χ4n) is 7.21. The fraction of sp³-hybridized carbons (Fsp3) is 0.833. The van der Waals surface area contributed by atoms with Gasteiger partial charge in [0.2, 0.25) is 0 Å². The molecule has 3 saturated heterocycles. The number of likely N-dealkylation sites (tertiary alicyclic amines) is 1. The maximum Gasteiger partial charge on any atom is 0.331 e. The molecule has 0 aromatic heterocycles. The number of methoxy groups -OCH3 is 1. The van der Waals surface area contributed by atoms with E-state index in [0.717, 1.165) is 51.2 Å². The number of hydrogen-bond acceptors (Lipinski definition) is 4. The number of carbonyl (C=O) groups excluding carboxylic acids is 2. The van der Waals surface area contributed by atoms with Crippen molar-refractivity contribution in [3.8, 4) is 0 Å². The van der Waals surface area contributed by atoms with Crippen LogP contribution < -0.4 is 5.32 Å². The first-order valence-corrected chi connectivity index (χ1v) is 12.2. The molecule has 2 amide bonds. The molecule has 4 fully saturated rings. The third kappa shape index (κ3) is 3.45. The Morgan fingerprint density at radius 3 is 2.73 bits per heavy atom. The lowest BCUT2D eigenvalue weighted by molar-refractivity contribution is -0.149. The van der Waals surface area contributed by atoms with Crippen molar-refractivity contribution in [3.05, 3.63) is 11.6 Å². The van der Waals surface area contributed by atoms with Gasteiger partial charge >= 0.3 is 12.0 Å². The molecule has 0 aromatic rings. The summed E-state index contributed by atoms with van der Waals surface area (Å²) in [6.45, 7) is 3.12. The van der Waals surface area contributed by atoms with Crippen LogP contribution in [0.2, 0.25) is 0 Å². The second kappa shape index (κ2) is 8.18. The van der Waals surface area contributed by atoms with Crippen LogP contribution in [-0.4, -0.2) is 66.2 Å². The van der Waals surface area contributed by atoms with E-state index in [1.54, 1.807) is 0 Å². The maximum atomic E-state index is 13.6. The van der Waals surface area contributed by atoms with Crippen LogP contribution in [-0.2, 0) is 9.53 Å². The number of carbonyl (C=O) groups is 2. The molecule has 2 aliphatic carbocycles. The van der Waals surface area contributed by atoms with Crippen molar-refractivity contribution in [1.82, 2.24) is 15.1 Å². The average Bonchev–Trinajstić information content (AvgIpc) is 2.78. The molecule has 6 heteroatoms. The van der Waals surface area contributed by atoms with Gasteiger partial charge in [0, 0.05) is 19.1 Å². The molecule has 0 aromatic carbocycles. The maximum absolute atomic E-state index is 13.6. The molecule has 4 atom stereocenters. The van der Waals surface area contributed by atoms with Crippen molar-refractivity contribution < 1.29 is 14.3 Å². The van der Waals surface area contributed by atoms with E-state index >= 15 is 0 Å². The predicted molar refractivity (Wildman–Crippen MR) is 115 cm³/mol. The number of esters is 1. The van der Waals surface area contributed by atoms with Gasteiger partial charge < -0.3 is 15.0 Å². The molecule has 3 heterocycles. The molecule has 166 valence electrons. The summed E-state index contributed by atoms with van der Waals surface area (Å²) in [6, 6.07) is 0.866. The first kappa shape index (κ1) is 20.3. The Balaban J connectivity index is 1.37. The van der Waals surface area contributed by atoms with Crippen molar-refractivity contribution in [2.75, 3.05) is 26.7 Å². The van der Waals surface area contributed by atoms with Crippen LogP contribution >= 0.6 is 0 Å². The molecule has 6 nitrogen and oxygen atoms in total. The molecule has 0 unspecified atom stereocenters. The highest BCUT2D eigenvalue weighted by molar-refractivity contribution is 5.87. The lowest BCUT2D eigenvalue weighted by Gasteiger charge is -2.55. The highest BCUT2D eigenvalue weighted by Crippen LogP contribution is 2.45. The van der Waals surface area contributed by atoms with Gasteiger partial charge in [-0.3, -0.25) is 4.90 Å². The lowest BCUT2D eigenvalue weighted by atomic mass is 9.68. The van der Waals surface area contributed by atoms with Crippen molar-refractivity contribution in [2.24, 2.45) is 11.8 Å². The number of urea groups is 1. The topological polar surface area (TPSA) is 61.9 Å². The minimum atomic E-state index is -0.840. The standard InChI is InChI=1S/C24H37N3O3/c1-30-22(28)24(10-4-2-5-11-24)25-23(29)27-13-7-8-17-14-18-15-19(21(17)27)16-26-12-6-3-9-20(18)26/h14,18-21H,2-13,15-16H2,1H3,(H,25,29)/t18-,19+,20+,21+/m0/s1. The summed E-state index contributed by atoms with van der Waals surface area (Å²) in [5, 5.41) is 3.19. The van der Waals surface area contributed by atoms with Gasteiger partial charge in [-0.1, -0.05) is 37.3 Å². The molecule has 30 heavy (non-hydrogen) atoms. The molecule has 2 bridgehead atoms. The second-order valence-corrected chi connectivity index (χ2v) is 10.3. The van der Waals surface area contributed by atoms with E-state index in [1.165, 1.54) is 44.9 Å². The minimum absolute atomic E-state index is 0.0582. The first-order chi connectivity index (χ1) is 14.6. The molecule has 5 rings (SSSR count). The predicted octanol–water partition coefficient (Wildman–Crippen LogP) is 3.47. The zero-order valence-electron chi connectivity index (χ0n) is 18.4. The van der Waals surface area contributed by atoms with Gasteiger partial charge in [-0.25, -0.2) is 9.59 Å². The summed E-state index contributed by atoms with van der Waals surface area (Å²) in [7, 11) is 1.44. The molecule has 1 saturated carbocycles. The number of amides is 2. The van der Waals surface area contributed by atoms with E-state index in [9.17, 15) is 9.59 Å². The summed E-state index contributed by atoms with van der Waals surface area (Å²) in [4.78, 5) is 31.0. The second-order valence-electron chi connectivity index (χ2n) is 10.3. The van der Waals surface area contributed by atoms with Crippen LogP contribution in [0, 0.1) is 11.8 Å². The highest BCUT2D eigenvalue weighted by Gasteiger charge is 2.49. The Morgan fingerprint density at radius 1 is 1.10 bits per heavy atom. The van der Waals surface area contributed by atoms with Gasteiger partial charge in [0.1, 0.15) is 5.54 Å². The van der Waals surface area contributed by atoms with Crippen LogP contribution in [0.3, 0.4) is 0 Å². The molecule has 0 spiro atoms. The number of nitrogens with one attached hydrogen (secondary N) is 1. The Labute approximate surface area is 180 Å². The summed E-state index contributed by atoms with van der Waals surface area (Å²) in [6.07, 6.45) is 14.3. The van der Waals surface area contributed by atoms with Crippen molar-refractivity contribution in [3.63, 3.8) is 0 Å². The number of nitrogens with zero attached hydrogens (tertiary/aromatic N) is 2. The summed E-state index contributed by atoms with van der Waals surface area (Å²) in [5.74, 6) is 0.912. The van der Waals surface area contributed by atoms with Crippen molar-refractivity contribution in [1.29, 1.82) is 0 Å². The van der Waals surface area contributed by atoms with Crippen LogP contribution in [0.5, 0.6) is 0 Å². The zero-order chi connectivity index (χ0) is 20.7. The van der Waals surface area contributed by atoms with Crippen LogP contribution in [0.4, 0.5) is 4.79 Å². The van der Waals surface area contributed by atoms with E-state index in [0.29, 0.717) is 24.7 Å². The van der Waals surface area contributed by atoms with Gasteiger partial charge in [-0.2, -0.15) is 0 Å². The zero-order valence-corrected chi connectivity index (χ0v) is 18.4. The smallest absolute Gasteiger partial charge is 0.331 e. The highest BCUT2D eigenvalue weighted by atomic mass is 16.5. The van der Waals surface area contributed by atoms with E-state index in [2.05, 4.69) is 21.2 Å². The first-order valence-electron chi connectivity index (χ1n) is 12.2. The largest absolute Gasteiger partial charge is 0.467 e. The van der Waals surface area contributed by atoms with E-state index in [1.807, 2.05) is 0 Å². The molecular weight excluding hydrogens is 378 g/mol. The summed E-state index contributed by atoms with van der Waals surface area (Å²) >= 11 is 0. The monoisotopic (exact) mass is 415 g/mol. The van der Waals surface area contributed by atoms with Crippen LogP contribution in [0.25, 0.3) is 0 Å². The van der Waals surface area contributed by atoms with E-state index in [4.69, 9.17) is 4.74 Å². The SMILES string of the molecule is COC(=O)C1(NC(=O)N2CCCC3=C[C@H]4C[C@H](CN5CCCC[C@H]45)[C@@H]32)CCCCC1. The van der Waals surface area contributed by atoms with Gasteiger partial charge in [0.25, 0.3) is 0 Å². The van der Waals surface area contributed by atoms with Crippen LogP contribution in [0.15, 0.2) is 11.6 Å². The summed E-state index contributed by atoms with van der Waals surface area (Å²) < 4.78 is 5.12. The lowest BCUT2D eigenvalue weighted by Crippen LogP contribution is -2.64. The van der Waals surface area contributed by atoms with E-state index in [-0.39, 0.29) is 18.0 Å². The molecular formula is C24H37N3O3. The van der Waals surface area contributed by atoms with Gasteiger partial charge in [0.15, 0.2) is 0 Å². The Hall–Kier alpha value is -1.56. The Kier molecular flexibility index (Phi) is 5.55. The number of fused-ring (bicyclic) bond motifs is 6.